The SMILES string of the molecule is CC1CC(C(CCCCC2CCOCC2)NN)CO1. The van der Waals surface area contributed by atoms with Crippen LogP contribution in [0.25, 0.3) is 0 Å². The molecule has 0 aromatic heterocycles. The fourth-order valence-corrected chi connectivity index (χ4v) is 3.42. The molecular weight excluding hydrogens is 240 g/mol. The van der Waals surface area contributed by atoms with Gasteiger partial charge >= 0.3 is 0 Å². The number of hydrogen-bond donors (Lipinski definition) is 2. The minimum Gasteiger partial charge on any atom is -0.381 e. The Balaban J connectivity index is 1.57. The summed E-state index contributed by atoms with van der Waals surface area (Å²) in [5.41, 5.74) is 3.00. The van der Waals surface area contributed by atoms with Crippen LogP contribution in [0.15, 0.2) is 0 Å². The lowest BCUT2D eigenvalue weighted by Gasteiger charge is -2.23. The second kappa shape index (κ2) is 8.20. The molecule has 0 bridgehead atoms. The highest BCUT2D eigenvalue weighted by Crippen LogP contribution is 2.26. The van der Waals surface area contributed by atoms with E-state index in [-0.39, 0.29) is 0 Å². The Kier molecular flexibility index (Phi) is 6.57. The second-order valence-corrected chi connectivity index (χ2v) is 6.25. The van der Waals surface area contributed by atoms with E-state index in [1.807, 2.05) is 0 Å². The maximum absolute atomic E-state index is 5.70. The van der Waals surface area contributed by atoms with Gasteiger partial charge in [-0.05, 0) is 38.5 Å². The van der Waals surface area contributed by atoms with Crippen LogP contribution in [0.4, 0.5) is 0 Å². The molecule has 3 unspecified atom stereocenters. The van der Waals surface area contributed by atoms with Gasteiger partial charge in [0.05, 0.1) is 12.7 Å². The molecular formula is C15H30N2O2. The monoisotopic (exact) mass is 270 g/mol. The first-order chi connectivity index (χ1) is 9.29. The van der Waals surface area contributed by atoms with Crippen molar-refractivity contribution in [2.24, 2.45) is 17.7 Å². The highest BCUT2D eigenvalue weighted by Gasteiger charge is 2.28. The highest BCUT2D eigenvalue weighted by molar-refractivity contribution is 4.81. The van der Waals surface area contributed by atoms with Crippen molar-refractivity contribution in [2.45, 2.75) is 64.0 Å². The third-order valence-corrected chi connectivity index (χ3v) is 4.73. The Labute approximate surface area is 117 Å². The molecule has 0 radical (unpaired) electrons. The molecule has 2 fully saturated rings. The number of unbranched alkanes of at least 4 members (excludes halogenated alkanes) is 1. The molecule has 0 amide bonds. The smallest absolute Gasteiger partial charge is 0.0551 e. The molecule has 4 nitrogen and oxygen atoms in total. The molecule has 0 aliphatic carbocycles. The molecule has 2 aliphatic rings. The molecule has 3 N–H and O–H groups in total. The van der Waals surface area contributed by atoms with Crippen LogP contribution in [0.5, 0.6) is 0 Å². The van der Waals surface area contributed by atoms with Gasteiger partial charge in [-0.2, -0.15) is 0 Å². The fraction of sp³-hybridized carbons (Fsp3) is 1.00. The zero-order valence-electron chi connectivity index (χ0n) is 12.3. The van der Waals surface area contributed by atoms with Gasteiger partial charge in [-0.3, -0.25) is 11.3 Å². The van der Waals surface area contributed by atoms with Crippen molar-refractivity contribution in [1.29, 1.82) is 0 Å². The van der Waals surface area contributed by atoms with Gasteiger partial charge in [-0.15, -0.1) is 0 Å². The summed E-state index contributed by atoms with van der Waals surface area (Å²) in [6.45, 7) is 4.96. The molecule has 2 heterocycles. The second-order valence-electron chi connectivity index (χ2n) is 6.25. The zero-order valence-corrected chi connectivity index (χ0v) is 12.3. The molecule has 4 heteroatoms. The Morgan fingerprint density at radius 1 is 1.26 bits per heavy atom. The van der Waals surface area contributed by atoms with Crippen molar-refractivity contribution < 1.29 is 9.47 Å². The molecule has 0 aromatic carbocycles. The van der Waals surface area contributed by atoms with Gasteiger partial charge in [0.25, 0.3) is 0 Å². The van der Waals surface area contributed by atoms with E-state index in [1.165, 1.54) is 38.5 Å². The minimum absolute atomic E-state index is 0.406. The minimum atomic E-state index is 0.406. The average Bonchev–Trinajstić information content (AvgIpc) is 2.86. The summed E-state index contributed by atoms with van der Waals surface area (Å²) in [5, 5.41) is 0. The third kappa shape index (κ3) is 5.03. The molecule has 0 saturated carbocycles. The average molecular weight is 270 g/mol. The number of rotatable bonds is 7. The Bertz CT molecular complexity index is 244. The predicted octanol–water partition coefficient (Wildman–Crippen LogP) is 2.23. The topological polar surface area (TPSA) is 56.5 Å². The molecule has 0 aromatic rings. The van der Waals surface area contributed by atoms with E-state index in [4.69, 9.17) is 15.3 Å². The first kappa shape index (κ1) is 15.2. The van der Waals surface area contributed by atoms with Crippen LogP contribution in [0.2, 0.25) is 0 Å². The normalized spacial score (nSPS) is 30.6. The summed E-state index contributed by atoms with van der Waals surface area (Å²) in [5.74, 6) is 7.20. The van der Waals surface area contributed by atoms with Crippen LogP contribution >= 0.6 is 0 Å². The number of hydrazine groups is 1. The lowest BCUT2D eigenvalue weighted by Crippen LogP contribution is -2.41. The zero-order chi connectivity index (χ0) is 13.5. The first-order valence-electron chi connectivity index (χ1n) is 7.95. The Morgan fingerprint density at radius 2 is 2.05 bits per heavy atom. The van der Waals surface area contributed by atoms with Crippen LogP contribution in [0.3, 0.4) is 0 Å². The van der Waals surface area contributed by atoms with Crippen LogP contribution < -0.4 is 11.3 Å². The van der Waals surface area contributed by atoms with Gasteiger partial charge in [0.1, 0.15) is 0 Å². The van der Waals surface area contributed by atoms with Gasteiger partial charge in [-0.25, -0.2) is 0 Å². The summed E-state index contributed by atoms with van der Waals surface area (Å²) >= 11 is 0. The van der Waals surface area contributed by atoms with Gasteiger partial charge in [0, 0.05) is 25.2 Å². The summed E-state index contributed by atoms with van der Waals surface area (Å²) in [6, 6.07) is 0.430. The molecule has 2 aliphatic heterocycles. The van der Waals surface area contributed by atoms with Gasteiger partial charge in [-0.1, -0.05) is 19.3 Å². The molecule has 2 rings (SSSR count). The van der Waals surface area contributed by atoms with E-state index in [9.17, 15) is 0 Å². The predicted molar refractivity (Wildman–Crippen MR) is 76.6 cm³/mol. The van der Waals surface area contributed by atoms with E-state index in [0.29, 0.717) is 18.1 Å². The van der Waals surface area contributed by atoms with Gasteiger partial charge < -0.3 is 9.47 Å². The lowest BCUT2D eigenvalue weighted by atomic mass is 9.90. The maximum Gasteiger partial charge on any atom is 0.0551 e. The van der Waals surface area contributed by atoms with Crippen molar-refractivity contribution >= 4 is 0 Å². The number of nitrogens with one attached hydrogen (secondary N) is 1. The molecule has 0 spiro atoms. The van der Waals surface area contributed by atoms with Crippen molar-refractivity contribution in [3.63, 3.8) is 0 Å². The molecule has 3 atom stereocenters. The van der Waals surface area contributed by atoms with E-state index < -0.39 is 0 Å². The van der Waals surface area contributed by atoms with Crippen LogP contribution in [0, 0.1) is 11.8 Å². The lowest BCUT2D eigenvalue weighted by molar-refractivity contribution is 0.0629. The van der Waals surface area contributed by atoms with Crippen LogP contribution in [-0.2, 0) is 9.47 Å². The quantitative estimate of drug-likeness (QED) is 0.423. The van der Waals surface area contributed by atoms with Crippen molar-refractivity contribution in [3.05, 3.63) is 0 Å². The Hall–Kier alpha value is -0.160. The van der Waals surface area contributed by atoms with E-state index in [1.54, 1.807) is 0 Å². The van der Waals surface area contributed by atoms with Crippen molar-refractivity contribution in [1.82, 2.24) is 5.43 Å². The summed E-state index contributed by atoms with van der Waals surface area (Å²) in [4.78, 5) is 0. The van der Waals surface area contributed by atoms with Gasteiger partial charge in [0.2, 0.25) is 0 Å². The molecule has 19 heavy (non-hydrogen) atoms. The largest absolute Gasteiger partial charge is 0.381 e. The van der Waals surface area contributed by atoms with E-state index >= 15 is 0 Å². The standard InChI is InChI=1S/C15H30N2O2/c1-12-10-14(11-19-12)15(17-16)5-3-2-4-13-6-8-18-9-7-13/h12-15,17H,2-11,16H2,1H3. The van der Waals surface area contributed by atoms with Crippen LogP contribution in [-0.4, -0.2) is 32.0 Å². The fourth-order valence-electron chi connectivity index (χ4n) is 3.42. The molecule has 112 valence electrons. The van der Waals surface area contributed by atoms with E-state index in [2.05, 4.69) is 12.3 Å². The number of hydrogen-bond acceptors (Lipinski definition) is 4. The Morgan fingerprint density at radius 3 is 2.68 bits per heavy atom. The van der Waals surface area contributed by atoms with E-state index in [0.717, 1.165) is 32.2 Å². The van der Waals surface area contributed by atoms with Crippen molar-refractivity contribution in [3.8, 4) is 0 Å². The highest BCUT2D eigenvalue weighted by atomic mass is 16.5. The van der Waals surface area contributed by atoms with Crippen LogP contribution in [0.1, 0.15) is 51.9 Å². The summed E-state index contributed by atoms with van der Waals surface area (Å²) in [6.07, 6.45) is 9.21. The van der Waals surface area contributed by atoms with Gasteiger partial charge in [0.15, 0.2) is 0 Å². The first-order valence-corrected chi connectivity index (χ1v) is 7.95. The number of ether oxygens (including phenoxy) is 2. The maximum atomic E-state index is 5.70. The van der Waals surface area contributed by atoms with Crippen molar-refractivity contribution in [2.75, 3.05) is 19.8 Å². The summed E-state index contributed by atoms with van der Waals surface area (Å²) < 4.78 is 11.0. The number of nitrogens with two attached hydrogens (primary N) is 1. The summed E-state index contributed by atoms with van der Waals surface area (Å²) in [7, 11) is 0. The molecule has 2 saturated heterocycles. The third-order valence-electron chi connectivity index (χ3n) is 4.73.